The Hall–Kier alpha value is -2.11. The average Bonchev–Trinajstić information content (AvgIpc) is 2.55. The molecular formula is C15H22N4O2. The second-order valence-electron chi connectivity index (χ2n) is 5.61. The standard InChI is InChI=1S/C15H22N4O2/c1-11(12-6-5-9-17-10-12)18-14(20)15(13(16)19-21)7-3-2-4-8-15/h5-6,9-11,21H,2-4,7-8H2,1H3,(H2,16,19)(H,18,20). The molecule has 0 spiro atoms. The highest BCUT2D eigenvalue weighted by Crippen LogP contribution is 2.37. The topological polar surface area (TPSA) is 101 Å². The van der Waals surface area contributed by atoms with Gasteiger partial charge in [0.25, 0.3) is 0 Å². The number of oxime groups is 1. The van der Waals surface area contributed by atoms with Gasteiger partial charge in [0.2, 0.25) is 5.91 Å². The second kappa shape index (κ2) is 6.56. The molecule has 1 aromatic heterocycles. The maximum atomic E-state index is 12.7. The van der Waals surface area contributed by atoms with Crippen molar-refractivity contribution in [2.45, 2.75) is 45.1 Å². The summed E-state index contributed by atoms with van der Waals surface area (Å²) in [6.07, 6.45) is 7.55. The molecule has 1 unspecified atom stereocenters. The third-order valence-electron chi connectivity index (χ3n) is 4.27. The minimum atomic E-state index is -0.885. The van der Waals surface area contributed by atoms with Crippen LogP contribution in [0.4, 0.5) is 0 Å². The van der Waals surface area contributed by atoms with Crippen molar-refractivity contribution in [1.82, 2.24) is 10.3 Å². The second-order valence-corrected chi connectivity index (χ2v) is 5.61. The summed E-state index contributed by atoms with van der Waals surface area (Å²) < 4.78 is 0. The third-order valence-corrected chi connectivity index (χ3v) is 4.27. The molecule has 21 heavy (non-hydrogen) atoms. The van der Waals surface area contributed by atoms with Crippen molar-refractivity contribution >= 4 is 11.7 Å². The zero-order valence-electron chi connectivity index (χ0n) is 12.2. The number of amides is 1. The monoisotopic (exact) mass is 290 g/mol. The van der Waals surface area contributed by atoms with E-state index in [2.05, 4.69) is 15.5 Å². The third kappa shape index (κ3) is 3.15. The van der Waals surface area contributed by atoms with Gasteiger partial charge >= 0.3 is 0 Å². The number of carbonyl (C=O) groups excluding carboxylic acids is 1. The fourth-order valence-electron chi connectivity index (χ4n) is 2.90. The summed E-state index contributed by atoms with van der Waals surface area (Å²) in [4.78, 5) is 16.8. The predicted octanol–water partition coefficient (Wildman–Crippen LogP) is 1.96. The number of pyridine rings is 1. The largest absolute Gasteiger partial charge is 0.409 e. The van der Waals surface area contributed by atoms with E-state index in [9.17, 15) is 4.79 Å². The van der Waals surface area contributed by atoms with Gasteiger partial charge in [-0.3, -0.25) is 9.78 Å². The minimum absolute atomic E-state index is 0.0121. The van der Waals surface area contributed by atoms with Gasteiger partial charge in [-0.25, -0.2) is 0 Å². The highest BCUT2D eigenvalue weighted by atomic mass is 16.4. The first kappa shape index (κ1) is 15.3. The number of carbonyl (C=O) groups is 1. The Bertz CT molecular complexity index is 510. The number of hydrogen-bond donors (Lipinski definition) is 3. The zero-order valence-corrected chi connectivity index (χ0v) is 12.2. The lowest BCUT2D eigenvalue weighted by Crippen LogP contribution is -2.51. The van der Waals surface area contributed by atoms with E-state index in [1.54, 1.807) is 12.4 Å². The van der Waals surface area contributed by atoms with Gasteiger partial charge in [-0.2, -0.15) is 0 Å². The number of amidine groups is 1. The summed E-state index contributed by atoms with van der Waals surface area (Å²) in [5.41, 5.74) is 5.87. The molecule has 6 nitrogen and oxygen atoms in total. The van der Waals surface area contributed by atoms with Crippen molar-refractivity contribution in [2.24, 2.45) is 16.3 Å². The van der Waals surface area contributed by atoms with Gasteiger partial charge in [0.1, 0.15) is 5.41 Å². The van der Waals surface area contributed by atoms with E-state index in [1.165, 1.54) is 0 Å². The van der Waals surface area contributed by atoms with Crippen molar-refractivity contribution < 1.29 is 10.0 Å². The van der Waals surface area contributed by atoms with E-state index in [-0.39, 0.29) is 17.8 Å². The van der Waals surface area contributed by atoms with Crippen LogP contribution in [0.1, 0.15) is 50.6 Å². The smallest absolute Gasteiger partial charge is 0.234 e. The number of rotatable bonds is 4. The molecule has 2 rings (SSSR count). The maximum Gasteiger partial charge on any atom is 0.234 e. The molecule has 0 saturated heterocycles. The number of aromatic nitrogens is 1. The summed E-state index contributed by atoms with van der Waals surface area (Å²) in [5.74, 6) is -0.160. The van der Waals surface area contributed by atoms with E-state index < -0.39 is 5.41 Å². The van der Waals surface area contributed by atoms with Crippen molar-refractivity contribution in [3.8, 4) is 0 Å². The lowest BCUT2D eigenvalue weighted by molar-refractivity contribution is -0.129. The van der Waals surface area contributed by atoms with Crippen LogP contribution in [0.2, 0.25) is 0 Å². The molecule has 1 aliphatic carbocycles. The molecule has 4 N–H and O–H groups in total. The van der Waals surface area contributed by atoms with E-state index >= 15 is 0 Å². The molecule has 1 heterocycles. The summed E-state index contributed by atoms with van der Waals surface area (Å²) >= 11 is 0. The van der Waals surface area contributed by atoms with Crippen LogP contribution in [0.15, 0.2) is 29.7 Å². The number of nitrogens with zero attached hydrogens (tertiary/aromatic N) is 2. The van der Waals surface area contributed by atoms with Gasteiger partial charge in [0.05, 0.1) is 6.04 Å². The summed E-state index contributed by atoms with van der Waals surface area (Å²) in [5, 5.41) is 15.1. The molecule has 0 aromatic carbocycles. The van der Waals surface area contributed by atoms with Crippen LogP contribution in [0.25, 0.3) is 0 Å². The number of hydrogen-bond acceptors (Lipinski definition) is 4. The molecule has 1 aliphatic rings. The first-order valence-electron chi connectivity index (χ1n) is 7.29. The van der Waals surface area contributed by atoms with Crippen LogP contribution in [-0.4, -0.2) is 21.9 Å². The van der Waals surface area contributed by atoms with Gasteiger partial charge < -0.3 is 16.3 Å². The lowest BCUT2D eigenvalue weighted by atomic mass is 9.72. The Labute approximate surface area is 124 Å². The predicted molar refractivity (Wildman–Crippen MR) is 79.7 cm³/mol. The molecule has 114 valence electrons. The maximum absolute atomic E-state index is 12.7. The van der Waals surface area contributed by atoms with Crippen molar-refractivity contribution in [3.63, 3.8) is 0 Å². The lowest BCUT2D eigenvalue weighted by Gasteiger charge is -2.35. The summed E-state index contributed by atoms with van der Waals surface area (Å²) in [6, 6.07) is 3.57. The quantitative estimate of drug-likeness (QED) is 0.341. The molecule has 0 aliphatic heterocycles. The van der Waals surface area contributed by atoms with Crippen molar-refractivity contribution in [2.75, 3.05) is 0 Å². The Balaban J connectivity index is 2.16. The molecule has 1 fully saturated rings. The zero-order chi connectivity index (χ0) is 15.3. The summed E-state index contributed by atoms with van der Waals surface area (Å²) in [6.45, 7) is 1.90. The van der Waals surface area contributed by atoms with E-state index in [4.69, 9.17) is 10.9 Å². The molecular weight excluding hydrogens is 268 g/mol. The van der Waals surface area contributed by atoms with Crippen molar-refractivity contribution in [3.05, 3.63) is 30.1 Å². The van der Waals surface area contributed by atoms with E-state index in [0.717, 1.165) is 24.8 Å². The van der Waals surface area contributed by atoms with Gasteiger partial charge in [-0.1, -0.05) is 30.5 Å². The number of nitrogens with one attached hydrogen (secondary N) is 1. The highest BCUT2D eigenvalue weighted by molar-refractivity contribution is 6.06. The first-order valence-corrected chi connectivity index (χ1v) is 7.29. The van der Waals surface area contributed by atoms with Crippen LogP contribution in [-0.2, 0) is 4.79 Å². The van der Waals surface area contributed by atoms with E-state index in [1.807, 2.05) is 19.1 Å². The molecule has 0 radical (unpaired) electrons. The summed E-state index contributed by atoms with van der Waals surface area (Å²) in [7, 11) is 0. The fourth-order valence-corrected chi connectivity index (χ4v) is 2.90. The van der Waals surface area contributed by atoms with Gasteiger partial charge in [-0.05, 0) is 31.4 Å². The van der Waals surface area contributed by atoms with Crippen LogP contribution >= 0.6 is 0 Å². The highest BCUT2D eigenvalue weighted by Gasteiger charge is 2.44. The Morgan fingerprint density at radius 1 is 1.48 bits per heavy atom. The molecule has 1 amide bonds. The fraction of sp³-hybridized carbons (Fsp3) is 0.533. The van der Waals surface area contributed by atoms with Gasteiger partial charge in [-0.15, -0.1) is 0 Å². The van der Waals surface area contributed by atoms with Crippen LogP contribution in [0, 0.1) is 5.41 Å². The molecule has 1 saturated carbocycles. The van der Waals surface area contributed by atoms with E-state index in [0.29, 0.717) is 12.8 Å². The molecule has 1 aromatic rings. The van der Waals surface area contributed by atoms with Gasteiger partial charge in [0, 0.05) is 12.4 Å². The van der Waals surface area contributed by atoms with Gasteiger partial charge in [0.15, 0.2) is 5.84 Å². The Morgan fingerprint density at radius 3 is 2.76 bits per heavy atom. The first-order chi connectivity index (χ1) is 10.1. The van der Waals surface area contributed by atoms with Crippen LogP contribution in [0.5, 0.6) is 0 Å². The Morgan fingerprint density at radius 2 is 2.19 bits per heavy atom. The minimum Gasteiger partial charge on any atom is -0.409 e. The average molecular weight is 290 g/mol. The Kier molecular flexibility index (Phi) is 4.77. The molecule has 1 atom stereocenters. The van der Waals surface area contributed by atoms with Crippen LogP contribution < -0.4 is 11.1 Å². The number of nitrogens with two attached hydrogens (primary N) is 1. The normalized spacial score (nSPS) is 19.8. The van der Waals surface area contributed by atoms with Crippen LogP contribution in [0.3, 0.4) is 0 Å². The molecule has 6 heteroatoms. The van der Waals surface area contributed by atoms with Crippen molar-refractivity contribution in [1.29, 1.82) is 0 Å². The molecule has 0 bridgehead atoms. The SMILES string of the molecule is CC(NC(=O)C1(C(N)=NO)CCCCC1)c1cccnc1.